The van der Waals surface area contributed by atoms with Gasteiger partial charge in [0, 0.05) is 18.4 Å². The van der Waals surface area contributed by atoms with Gasteiger partial charge < -0.3 is 35.0 Å². The molecular weight excluding hydrogens is 572 g/mol. The maximum Gasteiger partial charge on any atom is 0.334 e. The number of ether oxygens (including phenoxy) is 2. The van der Waals surface area contributed by atoms with E-state index >= 15 is 0 Å². The van der Waals surface area contributed by atoms with Gasteiger partial charge in [-0.25, -0.2) is 4.79 Å². The lowest BCUT2D eigenvalue weighted by Crippen LogP contribution is -2.33. The molecule has 2 heterocycles. The highest BCUT2D eigenvalue weighted by atomic mass is 16.5. The van der Waals surface area contributed by atoms with E-state index in [1.807, 2.05) is 0 Å². The van der Waals surface area contributed by atoms with Crippen LogP contribution in [0.1, 0.15) is 168 Å². The molecule has 8 heteroatoms. The minimum Gasteiger partial charge on any atom is -0.455 e. The third kappa shape index (κ3) is 18.2. The summed E-state index contributed by atoms with van der Waals surface area (Å²) in [5, 5.41) is 52.2. The highest BCUT2D eigenvalue weighted by Gasteiger charge is 2.35. The highest BCUT2D eigenvalue weighted by Crippen LogP contribution is 2.29. The number of hydrogen-bond donors (Lipinski definition) is 5. The fraction of sp³-hybridized carbons (Fsp3) is 0.919. The number of esters is 1. The molecule has 0 aromatic heterocycles. The highest BCUT2D eigenvalue weighted by molar-refractivity contribution is 5.90. The predicted octanol–water partition coefficient (Wildman–Crippen LogP) is 6.81. The van der Waals surface area contributed by atoms with Gasteiger partial charge in [0.2, 0.25) is 0 Å². The number of carbonyl (C=O) groups excluding carboxylic acids is 1. The minimum atomic E-state index is -0.713. The smallest absolute Gasteiger partial charge is 0.334 e. The molecule has 45 heavy (non-hydrogen) atoms. The van der Waals surface area contributed by atoms with Crippen molar-refractivity contribution in [3.8, 4) is 0 Å². The number of aliphatic hydroxyl groups is 5. The summed E-state index contributed by atoms with van der Waals surface area (Å²) in [6, 6.07) is 0. The summed E-state index contributed by atoms with van der Waals surface area (Å²) in [5.41, 5.74) is 0.542. The first-order valence-corrected chi connectivity index (χ1v) is 18.7. The van der Waals surface area contributed by atoms with Crippen LogP contribution in [0.5, 0.6) is 0 Å². The van der Waals surface area contributed by atoms with Crippen LogP contribution in [0.2, 0.25) is 0 Å². The van der Waals surface area contributed by atoms with Crippen molar-refractivity contribution in [2.45, 2.75) is 217 Å². The van der Waals surface area contributed by atoms with Gasteiger partial charge in [-0.3, -0.25) is 0 Å². The number of hydrogen-bond acceptors (Lipinski definition) is 8. The van der Waals surface area contributed by atoms with Crippen molar-refractivity contribution >= 4 is 5.97 Å². The van der Waals surface area contributed by atoms with E-state index in [-0.39, 0.29) is 24.3 Å². The first-order chi connectivity index (χ1) is 21.7. The molecule has 0 bridgehead atoms. The summed E-state index contributed by atoms with van der Waals surface area (Å²) in [5.74, 6) is -0.341. The number of cyclic esters (lactones) is 1. The first-order valence-electron chi connectivity index (χ1n) is 18.7. The Morgan fingerprint density at radius 3 is 1.71 bits per heavy atom. The molecule has 5 N–H and O–H groups in total. The molecule has 2 rings (SSSR count). The van der Waals surface area contributed by atoms with Gasteiger partial charge in [0.1, 0.15) is 6.10 Å². The summed E-state index contributed by atoms with van der Waals surface area (Å²) in [7, 11) is 0. The van der Waals surface area contributed by atoms with Crippen molar-refractivity contribution in [2.75, 3.05) is 0 Å². The molecule has 0 aromatic carbocycles. The molecule has 8 atom stereocenters. The largest absolute Gasteiger partial charge is 0.455 e. The van der Waals surface area contributed by atoms with Crippen molar-refractivity contribution < 1.29 is 39.8 Å². The second-order valence-corrected chi connectivity index (χ2v) is 14.0. The lowest BCUT2D eigenvalue weighted by Gasteiger charge is -2.23. The molecule has 2 aliphatic rings. The molecule has 0 aliphatic carbocycles. The number of rotatable bonds is 28. The lowest BCUT2D eigenvalue weighted by molar-refractivity contribution is -0.139. The van der Waals surface area contributed by atoms with E-state index in [1.54, 1.807) is 13.0 Å². The van der Waals surface area contributed by atoms with E-state index < -0.39 is 30.5 Å². The zero-order chi connectivity index (χ0) is 32.9. The summed E-state index contributed by atoms with van der Waals surface area (Å²) in [6.45, 7) is 4.05. The van der Waals surface area contributed by atoms with Gasteiger partial charge in [-0.2, -0.15) is 0 Å². The van der Waals surface area contributed by atoms with Crippen LogP contribution in [-0.4, -0.2) is 80.3 Å². The molecule has 8 unspecified atom stereocenters. The Morgan fingerprint density at radius 2 is 1.13 bits per heavy atom. The second-order valence-electron chi connectivity index (χ2n) is 14.0. The molecule has 8 nitrogen and oxygen atoms in total. The van der Waals surface area contributed by atoms with E-state index in [2.05, 4.69) is 6.92 Å². The van der Waals surface area contributed by atoms with E-state index in [0.717, 1.165) is 64.2 Å². The molecule has 264 valence electrons. The average Bonchev–Trinajstić information content (AvgIpc) is 3.62. The SMILES string of the molecule is CCCCCCCCCCCCC(O)C1CCC(C(O)CC(O)CCCCCCC(O)CCCC(O)CC2=CC(C)OC2=O)O1. The predicted molar refractivity (Wildman–Crippen MR) is 179 cm³/mol. The fourth-order valence-electron chi connectivity index (χ4n) is 6.81. The van der Waals surface area contributed by atoms with E-state index in [4.69, 9.17) is 9.47 Å². The molecule has 0 aromatic rings. The molecule has 0 radical (unpaired) electrons. The maximum absolute atomic E-state index is 11.7. The summed E-state index contributed by atoms with van der Waals surface area (Å²) < 4.78 is 11.1. The molecule has 0 saturated carbocycles. The molecular formula is C37H68O8. The Hall–Kier alpha value is -1.03. The average molecular weight is 641 g/mol. The van der Waals surface area contributed by atoms with Crippen molar-refractivity contribution in [3.05, 3.63) is 11.6 Å². The van der Waals surface area contributed by atoms with Crippen LogP contribution in [0.25, 0.3) is 0 Å². The van der Waals surface area contributed by atoms with Crippen molar-refractivity contribution in [2.24, 2.45) is 0 Å². The van der Waals surface area contributed by atoms with Crippen LogP contribution in [-0.2, 0) is 14.3 Å². The quantitative estimate of drug-likeness (QED) is 0.0465. The van der Waals surface area contributed by atoms with Gasteiger partial charge in [0.15, 0.2) is 0 Å². The number of unbranched alkanes of at least 4 members (excludes halogenated alkanes) is 12. The van der Waals surface area contributed by atoms with E-state index in [1.165, 1.54) is 51.4 Å². The number of carbonyl (C=O) groups is 1. The third-order valence-corrected chi connectivity index (χ3v) is 9.66. The fourth-order valence-corrected chi connectivity index (χ4v) is 6.81. The molecule has 1 fully saturated rings. The summed E-state index contributed by atoms with van der Waals surface area (Å²) in [4.78, 5) is 11.7. The zero-order valence-electron chi connectivity index (χ0n) is 28.6. The Morgan fingerprint density at radius 1 is 0.644 bits per heavy atom. The Labute approximate surface area is 274 Å². The Bertz CT molecular complexity index is 788. The van der Waals surface area contributed by atoms with Gasteiger partial charge >= 0.3 is 5.97 Å². The van der Waals surface area contributed by atoms with Crippen molar-refractivity contribution in [3.63, 3.8) is 0 Å². The molecule has 2 aliphatic heterocycles. The first kappa shape index (κ1) is 40.1. The van der Waals surface area contributed by atoms with Crippen LogP contribution in [0.4, 0.5) is 0 Å². The summed E-state index contributed by atoms with van der Waals surface area (Å²) >= 11 is 0. The maximum atomic E-state index is 11.7. The van der Waals surface area contributed by atoms with Crippen molar-refractivity contribution in [1.29, 1.82) is 0 Å². The van der Waals surface area contributed by atoms with Gasteiger partial charge in [-0.05, 0) is 64.4 Å². The monoisotopic (exact) mass is 640 g/mol. The van der Waals surface area contributed by atoms with Gasteiger partial charge in [0.25, 0.3) is 0 Å². The van der Waals surface area contributed by atoms with E-state index in [0.29, 0.717) is 44.1 Å². The second kappa shape index (κ2) is 24.2. The Balaban J connectivity index is 1.42. The zero-order valence-corrected chi connectivity index (χ0v) is 28.6. The van der Waals surface area contributed by atoms with Crippen LogP contribution < -0.4 is 0 Å². The van der Waals surface area contributed by atoms with Gasteiger partial charge in [-0.1, -0.05) is 96.8 Å². The van der Waals surface area contributed by atoms with Crippen LogP contribution >= 0.6 is 0 Å². The van der Waals surface area contributed by atoms with Crippen molar-refractivity contribution in [1.82, 2.24) is 0 Å². The van der Waals surface area contributed by atoms with Crippen LogP contribution in [0.15, 0.2) is 11.6 Å². The standard InChI is InChI=1S/C37H68O8/c1-3-4-5-6-7-8-9-10-11-16-22-33(41)35-23-24-36(45-35)34(42)27-32(40)19-15-13-12-14-18-30(38)20-17-21-31(39)26-29-25-28(2)44-37(29)43/h25,28,30-36,38-42H,3-24,26-27H2,1-2H3. The normalized spacial score (nSPS) is 23.5. The van der Waals surface area contributed by atoms with Crippen LogP contribution in [0, 0.1) is 0 Å². The van der Waals surface area contributed by atoms with Crippen LogP contribution in [0.3, 0.4) is 0 Å². The third-order valence-electron chi connectivity index (χ3n) is 9.66. The molecule has 1 saturated heterocycles. The topological polar surface area (TPSA) is 137 Å². The van der Waals surface area contributed by atoms with E-state index in [9.17, 15) is 30.3 Å². The minimum absolute atomic E-state index is 0.208. The van der Waals surface area contributed by atoms with Gasteiger partial charge in [-0.15, -0.1) is 0 Å². The number of aliphatic hydroxyl groups excluding tert-OH is 5. The summed E-state index contributed by atoms with van der Waals surface area (Å²) in [6.07, 6.45) is 20.8. The lowest BCUT2D eigenvalue weighted by atomic mass is 9.98. The van der Waals surface area contributed by atoms with Gasteiger partial charge in [0.05, 0.1) is 42.7 Å². The molecule has 0 amide bonds. The Kier molecular flexibility index (Phi) is 21.6. The molecule has 0 spiro atoms.